The van der Waals surface area contributed by atoms with Gasteiger partial charge in [-0.15, -0.1) is 0 Å². The number of nitrogens with zero attached hydrogens (tertiary/aromatic N) is 1. The lowest BCUT2D eigenvalue weighted by molar-refractivity contribution is 0.139. The topological polar surface area (TPSA) is 90.0 Å². The zero-order valence-electron chi connectivity index (χ0n) is 12.4. The molecule has 0 bridgehead atoms. The predicted octanol–water partition coefficient (Wildman–Crippen LogP) is 2.53. The van der Waals surface area contributed by atoms with Gasteiger partial charge in [0.1, 0.15) is 0 Å². The number of hydrogen-bond acceptors (Lipinski definition) is 3. The number of aliphatic hydroxyl groups excluding tert-OH is 1. The van der Waals surface area contributed by atoms with Gasteiger partial charge in [-0.3, -0.25) is 10.4 Å². The Kier molecular flexibility index (Phi) is 4.11. The number of anilines is 1. The monoisotopic (exact) mass is 300 g/mol. The van der Waals surface area contributed by atoms with Crippen LogP contribution in [-0.2, 0) is 0 Å². The summed E-state index contributed by atoms with van der Waals surface area (Å²) in [4.78, 5) is 12.0. The van der Waals surface area contributed by atoms with Gasteiger partial charge < -0.3 is 10.4 Å². The Labute approximate surface area is 128 Å². The van der Waals surface area contributed by atoms with Gasteiger partial charge in [-0.1, -0.05) is 30.3 Å². The van der Waals surface area contributed by atoms with E-state index in [9.17, 15) is 9.90 Å². The van der Waals surface area contributed by atoms with Gasteiger partial charge in [0.25, 0.3) is 0 Å². The highest BCUT2D eigenvalue weighted by Gasteiger charge is 2.26. The fourth-order valence-corrected chi connectivity index (χ4v) is 2.38. The van der Waals surface area contributed by atoms with Crippen molar-refractivity contribution in [3.05, 3.63) is 47.7 Å². The molecule has 6 heteroatoms. The number of urea groups is 1. The molecule has 1 aliphatic rings. The molecule has 0 radical (unpaired) electrons. The quantitative estimate of drug-likeness (QED) is 0.684. The summed E-state index contributed by atoms with van der Waals surface area (Å²) >= 11 is 0. The van der Waals surface area contributed by atoms with E-state index in [0.717, 1.165) is 11.3 Å². The van der Waals surface area contributed by atoms with Crippen molar-refractivity contribution in [1.29, 1.82) is 0 Å². The van der Waals surface area contributed by atoms with Crippen LogP contribution >= 0.6 is 0 Å². The van der Waals surface area contributed by atoms with Crippen molar-refractivity contribution in [1.82, 2.24) is 15.5 Å². The van der Waals surface area contributed by atoms with E-state index in [0.29, 0.717) is 11.7 Å². The summed E-state index contributed by atoms with van der Waals surface area (Å²) in [5.41, 5.74) is 1.83. The molecule has 1 aromatic carbocycles. The molecule has 1 aliphatic carbocycles. The number of hydrogen-bond donors (Lipinski definition) is 4. The number of amides is 2. The second-order valence-corrected chi connectivity index (χ2v) is 5.73. The third kappa shape index (κ3) is 3.46. The summed E-state index contributed by atoms with van der Waals surface area (Å²) in [7, 11) is 0. The van der Waals surface area contributed by atoms with Crippen molar-refractivity contribution in [2.24, 2.45) is 0 Å². The Balaban J connectivity index is 1.54. The van der Waals surface area contributed by atoms with Gasteiger partial charge in [-0.05, 0) is 25.3 Å². The Morgan fingerprint density at radius 2 is 2.09 bits per heavy atom. The van der Waals surface area contributed by atoms with Crippen molar-refractivity contribution in [3.8, 4) is 0 Å². The Bertz CT molecular complexity index is 637. The SMILES string of the molecule is CC(NC(=O)Nc1cc(C2CC2)[nH]n1)C(O)c1ccccc1. The maximum absolute atomic E-state index is 12.0. The number of aromatic nitrogens is 2. The maximum atomic E-state index is 12.0. The highest BCUT2D eigenvalue weighted by Crippen LogP contribution is 2.39. The first-order valence-corrected chi connectivity index (χ1v) is 7.49. The molecule has 4 N–H and O–H groups in total. The molecule has 0 spiro atoms. The largest absolute Gasteiger partial charge is 0.386 e. The molecule has 1 aromatic heterocycles. The standard InChI is InChI=1S/C16H20N4O2/c1-10(15(21)12-5-3-2-4-6-12)17-16(22)18-14-9-13(19-20-14)11-7-8-11/h2-6,9-11,15,21H,7-8H2,1H3,(H3,17,18,19,20,22). The van der Waals surface area contributed by atoms with Crippen LogP contribution in [0.3, 0.4) is 0 Å². The van der Waals surface area contributed by atoms with E-state index in [1.807, 2.05) is 36.4 Å². The number of benzene rings is 1. The first-order chi connectivity index (χ1) is 10.6. The van der Waals surface area contributed by atoms with Crippen LogP contribution in [0.15, 0.2) is 36.4 Å². The average molecular weight is 300 g/mol. The van der Waals surface area contributed by atoms with Crippen molar-refractivity contribution >= 4 is 11.8 Å². The number of aromatic amines is 1. The molecule has 2 aromatic rings. The summed E-state index contributed by atoms with van der Waals surface area (Å²) < 4.78 is 0. The first-order valence-electron chi connectivity index (χ1n) is 7.49. The first kappa shape index (κ1) is 14.6. The van der Waals surface area contributed by atoms with Crippen LogP contribution in [0, 0.1) is 0 Å². The summed E-state index contributed by atoms with van der Waals surface area (Å²) in [6.07, 6.45) is 1.59. The van der Waals surface area contributed by atoms with Crippen molar-refractivity contribution in [2.45, 2.75) is 37.8 Å². The number of rotatable bonds is 5. The molecular weight excluding hydrogens is 280 g/mol. The highest BCUT2D eigenvalue weighted by molar-refractivity contribution is 5.88. The third-order valence-electron chi connectivity index (χ3n) is 3.83. The molecule has 6 nitrogen and oxygen atoms in total. The van der Waals surface area contributed by atoms with Crippen LogP contribution in [0.5, 0.6) is 0 Å². The predicted molar refractivity (Wildman–Crippen MR) is 83.6 cm³/mol. The molecule has 1 saturated carbocycles. The molecule has 0 saturated heterocycles. The minimum atomic E-state index is -0.756. The number of aliphatic hydroxyl groups is 1. The van der Waals surface area contributed by atoms with Crippen molar-refractivity contribution in [2.75, 3.05) is 5.32 Å². The Morgan fingerprint density at radius 3 is 2.77 bits per heavy atom. The van der Waals surface area contributed by atoms with Gasteiger partial charge in [0.05, 0.1) is 12.1 Å². The summed E-state index contributed by atoms with van der Waals surface area (Å²) in [5.74, 6) is 1.06. The molecule has 116 valence electrons. The number of H-pyrrole nitrogens is 1. The Hall–Kier alpha value is -2.34. The fraction of sp³-hybridized carbons (Fsp3) is 0.375. The minimum absolute atomic E-state index is 0.378. The average Bonchev–Trinajstić information content (AvgIpc) is 3.27. The van der Waals surface area contributed by atoms with Gasteiger partial charge in [0, 0.05) is 17.7 Å². The van der Waals surface area contributed by atoms with Gasteiger partial charge in [-0.2, -0.15) is 5.10 Å². The summed E-state index contributed by atoms with van der Waals surface area (Å²) in [6.45, 7) is 1.76. The molecule has 22 heavy (non-hydrogen) atoms. The number of carbonyl (C=O) groups excluding carboxylic acids is 1. The fourth-order valence-electron chi connectivity index (χ4n) is 2.38. The van der Waals surface area contributed by atoms with E-state index in [4.69, 9.17) is 0 Å². The van der Waals surface area contributed by atoms with Gasteiger partial charge in [0.15, 0.2) is 5.82 Å². The highest BCUT2D eigenvalue weighted by atomic mass is 16.3. The van der Waals surface area contributed by atoms with Gasteiger partial charge >= 0.3 is 6.03 Å². The zero-order chi connectivity index (χ0) is 15.5. The van der Waals surface area contributed by atoms with Crippen LogP contribution in [0.1, 0.15) is 43.0 Å². The number of carbonyl (C=O) groups is 1. The van der Waals surface area contributed by atoms with E-state index in [1.165, 1.54) is 12.8 Å². The lowest BCUT2D eigenvalue weighted by Gasteiger charge is -2.20. The van der Waals surface area contributed by atoms with E-state index in [-0.39, 0.29) is 6.03 Å². The van der Waals surface area contributed by atoms with Crippen molar-refractivity contribution < 1.29 is 9.90 Å². The molecular formula is C16H20N4O2. The molecule has 2 unspecified atom stereocenters. The van der Waals surface area contributed by atoms with Crippen LogP contribution < -0.4 is 10.6 Å². The van der Waals surface area contributed by atoms with Gasteiger partial charge in [-0.25, -0.2) is 4.79 Å². The molecule has 2 amide bonds. The summed E-state index contributed by atoms with van der Waals surface area (Å²) in [5, 5.41) is 22.6. The third-order valence-corrected chi connectivity index (χ3v) is 3.83. The second kappa shape index (κ2) is 6.19. The van der Waals surface area contributed by atoms with Gasteiger partial charge in [0.2, 0.25) is 0 Å². The molecule has 3 rings (SSSR count). The smallest absolute Gasteiger partial charge is 0.320 e. The van der Waals surface area contributed by atoms with Crippen LogP contribution in [0.25, 0.3) is 0 Å². The molecule has 0 aliphatic heterocycles. The van der Waals surface area contributed by atoms with Crippen LogP contribution in [0.2, 0.25) is 0 Å². The molecule has 2 atom stereocenters. The zero-order valence-corrected chi connectivity index (χ0v) is 12.4. The van der Waals surface area contributed by atoms with E-state index < -0.39 is 12.1 Å². The van der Waals surface area contributed by atoms with E-state index in [2.05, 4.69) is 20.8 Å². The maximum Gasteiger partial charge on any atom is 0.320 e. The number of nitrogens with one attached hydrogen (secondary N) is 3. The molecule has 1 fully saturated rings. The Morgan fingerprint density at radius 1 is 1.36 bits per heavy atom. The van der Waals surface area contributed by atoms with E-state index >= 15 is 0 Å². The van der Waals surface area contributed by atoms with Crippen LogP contribution in [0.4, 0.5) is 10.6 Å². The van der Waals surface area contributed by atoms with Crippen LogP contribution in [-0.4, -0.2) is 27.4 Å². The van der Waals surface area contributed by atoms with Crippen molar-refractivity contribution in [3.63, 3.8) is 0 Å². The minimum Gasteiger partial charge on any atom is -0.386 e. The molecule has 1 heterocycles. The lowest BCUT2D eigenvalue weighted by Crippen LogP contribution is -2.39. The lowest BCUT2D eigenvalue weighted by atomic mass is 10.0. The normalized spacial score (nSPS) is 16.8. The van der Waals surface area contributed by atoms with E-state index in [1.54, 1.807) is 6.92 Å². The second-order valence-electron chi connectivity index (χ2n) is 5.73. The summed E-state index contributed by atoms with van der Waals surface area (Å²) in [6, 6.07) is 10.3.